The maximum Gasteiger partial charge on any atom is 0.00776 e. The second-order valence-corrected chi connectivity index (χ2v) is 6.16. The first-order chi connectivity index (χ1) is 7.54. The number of benzene rings is 1. The molecular formula is C15H24S. The molecule has 16 heavy (non-hydrogen) atoms. The van der Waals surface area contributed by atoms with Crippen LogP contribution in [0.1, 0.15) is 64.0 Å². The monoisotopic (exact) mass is 236 g/mol. The van der Waals surface area contributed by atoms with Crippen LogP contribution in [-0.4, -0.2) is 5.75 Å². The van der Waals surface area contributed by atoms with Crippen LogP contribution in [0.3, 0.4) is 0 Å². The van der Waals surface area contributed by atoms with E-state index in [-0.39, 0.29) is 0 Å². The summed E-state index contributed by atoms with van der Waals surface area (Å²) in [6.07, 6.45) is 1.24. The molecule has 1 rings (SSSR count). The Kier molecular flexibility index (Phi) is 5.40. The number of thioether (sulfide) groups is 1. The molecule has 0 N–H and O–H groups in total. The molecule has 90 valence electrons. The van der Waals surface area contributed by atoms with E-state index in [1.807, 2.05) is 11.8 Å². The molecule has 0 aliphatic carbocycles. The van der Waals surface area contributed by atoms with Crippen molar-refractivity contribution in [2.24, 2.45) is 0 Å². The molecule has 0 aliphatic heterocycles. The molecule has 0 bridgehead atoms. The Morgan fingerprint density at radius 1 is 0.938 bits per heavy atom. The van der Waals surface area contributed by atoms with E-state index in [1.54, 1.807) is 0 Å². The maximum absolute atomic E-state index is 2.37. The third kappa shape index (κ3) is 3.86. The van der Waals surface area contributed by atoms with Gasteiger partial charge in [0.25, 0.3) is 0 Å². The van der Waals surface area contributed by atoms with Gasteiger partial charge in [0, 0.05) is 4.90 Å². The molecule has 0 saturated heterocycles. The number of hydrogen-bond donors (Lipinski definition) is 0. The molecule has 0 radical (unpaired) electrons. The van der Waals surface area contributed by atoms with Crippen LogP contribution in [0.15, 0.2) is 23.1 Å². The molecule has 1 aromatic carbocycles. The molecule has 0 aliphatic rings. The van der Waals surface area contributed by atoms with Crippen molar-refractivity contribution < 1.29 is 0 Å². The summed E-state index contributed by atoms with van der Waals surface area (Å²) in [6.45, 7) is 11.3. The minimum atomic E-state index is 0.625. The van der Waals surface area contributed by atoms with Gasteiger partial charge in [-0.3, -0.25) is 0 Å². The quantitative estimate of drug-likeness (QED) is 0.614. The fraction of sp³-hybridized carbons (Fsp3) is 0.600. The van der Waals surface area contributed by atoms with Crippen LogP contribution < -0.4 is 0 Å². The third-order valence-corrected chi connectivity index (χ3v) is 3.94. The highest BCUT2D eigenvalue weighted by Crippen LogP contribution is 2.28. The lowest BCUT2D eigenvalue weighted by molar-refractivity contribution is 0.826. The van der Waals surface area contributed by atoms with E-state index in [0.29, 0.717) is 11.8 Å². The first-order valence-electron chi connectivity index (χ1n) is 6.32. The average Bonchev–Trinajstić information content (AvgIpc) is 2.25. The van der Waals surface area contributed by atoms with E-state index >= 15 is 0 Å². The van der Waals surface area contributed by atoms with Crippen molar-refractivity contribution in [3.8, 4) is 0 Å². The van der Waals surface area contributed by atoms with Crippen LogP contribution in [-0.2, 0) is 0 Å². The molecule has 1 aromatic rings. The predicted octanol–water partition coefficient (Wildman–Crippen LogP) is 5.44. The van der Waals surface area contributed by atoms with Gasteiger partial charge in [0.05, 0.1) is 0 Å². The lowest BCUT2D eigenvalue weighted by atomic mass is 9.96. The SMILES string of the molecule is CCCSc1cc(C(C)C)cc(C(C)C)c1. The van der Waals surface area contributed by atoms with Gasteiger partial charge in [0.2, 0.25) is 0 Å². The van der Waals surface area contributed by atoms with E-state index in [9.17, 15) is 0 Å². The number of hydrogen-bond acceptors (Lipinski definition) is 1. The van der Waals surface area contributed by atoms with E-state index < -0.39 is 0 Å². The van der Waals surface area contributed by atoms with Gasteiger partial charge < -0.3 is 0 Å². The first-order valence-corrected chi connectivity index (χ1v) is 7.30. The predicted molar refractivity (Wildman–Crippen MR) is 75.6 cm³/mol. The van der Waals surface area contributed by atoms with Gasteiger partial charge in [-0.05, 0) is 47.3 Å². The van der Waals surface area contributed by atoms with Gasteiger partial charge in [-0.25, -0.2) is 0 Å². The Hall–Kier alpha value is -0.430. The minimum Gasteiger partial charge on any atom is -0.126 e. The van der Waals surface area contributed by atoms with Crippen molar-refractivity contribution in [2.75, 3.05) is 5.75 Å². The Balaban J connectivity index is 2.99. The average molecular weight is 236 g/mol. The smallest absolute Gasteiger partial charge is 0.00776 e. The molecule has 0 aromatic heterocycles. The van der Waals surface area contributed by atoms with Crippen LogP contribution in [0.25, 0.3) is 0 Å². The fourth-order valence-electron chi connectivity index (χ4n) is 1.62. The highest BCUT2D eigenvalue weighted by Gasteiger charge is 2.07. The fourth-order valence-corrected chi connectivity index (χ4v) is 2.49. The number of rotatable bonds is 5. The summed E-state index contributed by atoms with van der Waals surface area (Å²) in [6, 6.07) is 7.08. The van der Waals surface area contributed by atoms with E-state index in [0.717, 1.165) is 0 Å². The van der Waals surface area contributed by atoms with Crippen molar-refractivity contribution >= 4 is 11.8 Å². The van der Waals surface area contributed by atoms with Gasteiger partial charge in [0.1, 0.15) is 0 Å². The molecule has 0 atom stereocenters. The largest absolute Gasteiger partial charge is 0.126 e. The van der Waals surface area contributed by atoms with Gasteiger partial charge in [-0.2, -0.15) is 0 Å². The summed E-state index contributed by atoms with van der Waals surface area (Å²) in [5.41, 5.74) is 2.95. The van der Waals surface area contributed by atoms with Crippen LogP contribution in [0.5, 0.6) is 0 Å². The summed E-state index contributed by atoms with van der Waals surface area (Å²) in [5, 5.41) is 0. The first kappa shape index (κ1) is 13.6. The van der Waals surface area contributed by atoms with E-state index in [1.165, 1.54) is 28.2 Å². The highest BCUT2D eigenvalue weighted by atomic mass is 32.2. The zero-order valence-corrected chi connectivity index (χ0v) is 12.0. The second kappa shape index (κ2) is 6.34. The van der Waals surface area contributed by atoms with E-state index in [2.05, 4.69) is 52.8 Å². The van der Waals surface area contributed by atoms with Crippen molar-refractivity contribution in [3.05, 3.63) is 29.3 Å². The molecule has 0 unspecified atom stereocenters. The second-order valence-electron chi connectivity index (χ2n) is 4.99. The molecule has 0 fully saturated rings. The molecule has 0 spiro atoms. The Bertz CT molecular complexity index is 300. The standard InChI is InChI=1S/C15H24S/c1-6-7-16-15-9-13(11(2)3)8-14(10-15)12(4)5/h8-12H,6-7H2,1-5H3. The van der Waals surface area contributed by atoms with Gasteiger partial charge in [0.15, 0.2) is 0 Å². The summed E-state index contributed by atoms with van der Waals surface area (Å²) in [5.74, 6) is 2.47. The molecule has 0 amide bonds. The molecule has 0 nitrogen and oxygen atoms in total. The van der Waals surface area contributed by atoms with Crippen molar-refractivity contribution in [2.45, 2.75) is 57.8 Å². The normalized spacial score (nSPS) is 11.4. The zero-order chi connectivity index (χ0) is 12.1. The lowest BCUT2D eigenvalue weighted by Gasteiger charge is -2.14. The van der Waals surface area contributed by atoms with Crippen molar-refractivity contribution in [1.29, 1.82) is 0 Å². The Morgan fingerprint density at radius 3 is 1.81 bits per heavy atom. The maximum atomic E-state index is 2.37. The zero-order valence-electron chi connectivity index (χ0n) is 11.2. The summed E-state index contributed by atoms with van der Waals surface area (Å²) < 4.78 is 0. The molecular weight excluding hydrogens is 212 g/mol. The van der Waals surface area contributed by atoms with Crippen LogP contribution in [0.4, 0.5) is 0 Å². The summed E-state index contributed by atoms with van der Waals surface area (Å²) in [4.78, 5) is 1.44. The molecule has 0 saturated carbocycles. The van der Waals surface area contributed by atoms with Crippen molar-refractivity contribution in [3.63, 3.8) is 0 Å². The molecule has 1 heteroatoms. The molecule has 0 heterocycles. The van der Waals surface area contributed by atoms with Crippen LogP contribution in [0, 0.1) is 0 Å². The van der Waals surface area contributed by atoms with Gasteiger partial charge >= 0.3 is 0 Å². The summed E-state index contributed by atoms with van der Waals surface area (Å²) >= 11 is 1.98. The van der Waals surface area contributed by atoms with Crippen LogP contribution in [0.2, 0.25) is 0 Å². The third-order valence-electron chi connectivity index (χ3n) is 2.76. The van der Waals surface area contributed by atoms with E-state index in [4.69, 9.17) is 0 Å². The van der Waals surface area contributed by atoms with Gasteiger partial charge in [-0.15, -0.1) is 11.8 Å². The van der Waals surface area contributed by atoms with Gasteiger partial charge in [-0.1, -0.05) is 40.7 Å². The Labute approximate surface area is 105 Å². The van der Waals surface area contributed by atoms with Crippen LogP contribution >= 0.6 is 11.8 Å². The Morgan fingerprint density at radius 2 is 1.44 bits per heavy atom. The topological polar surface area (TPSA) is 0 Å². The summed E-state index contributed by atoms with van der Waals surface area (Å²) in [7, 11) is 0. The van der Waals surface area contributed by atoms with Crippen molar-refractivity contribution in [1.82, 2.24) is 0 Å². The minimum absolute atomic E-state index is 0.625. The lowest BCUT2D eigenvalue weighted by Crippen LogP contribution is -1.94. The highest BCUT2D eigenvalue weighted by molar-refractivity contribution is 7.99.